The highest BCUT2D eigenvalue weighted by Gasteiger charge is 2.04. The molecule has 0 saturated heterocycles. The van der Waals surface area contributed by atoms with Gasteiger partial charge in [0.05, 0.1) is 6.10 Å². The van der Waals surface area contributed by atoms with E-state index >= 15 is 0 Å². The average Bonchev–Trinajstić information content (AvgIpc) is 2.02. The van der Waals surface area contributed by atoms with Gasteiger partial charge in [-0.2, -0.15) is 0 Å². The summed E-state index contributed by atoms with van der Waals surface area (Å²) in [7, 11) is 0. The molecule has 0 aromatic carbocycles. The maximum Gasteiger partial charge on any atom is 0.0636 e. The summed E-state index contributed by atoms with van der Waals surface area (Å²) in [5.74, 6) is 0.536. The van der Waals surface area contributed by atoms with Crippen molar-refractivity contribution in [1.29, 1.82) is 0 Å². The normalized spacial score (nSPS) is 16.0. The lowest BCUT2D eigenvalue weighted by Gasteiger charge is -2.14. The van der Waals surface area contributed by atoms with E-state index < -0.39 is 0 Å². The Morgan fingerprint density at radius 1 is 1.33 bits per heavy atom. The molecule has 0 fully saturated rings. The fourth-order valence-corrected chi connectivity index (χ4v) is 1.13. The van der Waals surface area contributed by atoms with Crippen LogP contribution in [0, 0.1) is 5.92 Å². The predicted octanol–water partition coefficient (Wildman–Crippen LogP) is 0.365. The van der Waals surface area contributed by atoms with Crippen LogP contribution in [0.15, 0.2) is 0 Å². The summed E-state index contributed by atoms with van der Waals surface area (Å²) >= 11 is 0. The van der Waals surface area contributed by atoms with E-state index in [1.165, 1.54) is 0 Å². The minimum atomic E-state index is -0.281. The molecule has 74 valence electrons. The number of rotatable bonds is 7. The molecule has 2 atom stereocenters. The van der Waals surface area contributed by atoms with Crippen molar-refractivity contribution in [3.05, 3.63) is 0 Å². The maximum atomic E-state index is 8.96. The first-order valence-electron chi connectivity index (χ1n) is 4.70. The summed E-state index contributed by atoms with van der Waals surface area (Å²) in [5.41, 5.74) is 0. The standard InChI is InChI=1S/C9H21NO2/c1-3-9(4-5-11)7-10-6-8(2)12/h8-12H,3-7H2,1-2H3/t8-,9?/m0/s1. The molecule has 0 rings (SSSR count). The third-order valence-corrected chi connectivity index (χ3v) is 1.99. The van der Waals surface area contributed by atoms with Crippen LogP contribution in [0.3, 0.4) is 0 Å². The molecule has 0 aliphatic carbocycles. The Kier molecular flexibility index (Phi) is 7.45. The fraction of sp³-hybridized carbons (Fsp3) is 1.00. The van der Waals surface area contributed by atoms with Crippen molar-refractivity contribution in [3.63, 3.8) is 0 Å². The Morgan fingerprint density at radius 3 is 2.42 bits per heavy atom. The molecule has 0 spiro atoms. The van der Waals surface area contributed by atoms with E-state index in [1.54, 1.807) is 6.92 Å². The molecule has 3 N–H and O–H groups in total. The quantitative estimate of drug-likeness (QED) is 0.524. The van der Waals surface area contributed by atoms with Crippen molar-refractivity contribution in [2.75, 3.05) is 19.7 Å². The van der Waals surface area contributed by atoms with Gasteiger partial charge in [0.2, 0.25) is 0 Å². The van der Waals surface area contributed by atoms with Crippen LogP contribution in [0.4, 0.5) is 0 Å². The molecule has 1 unspecified atom stereocenters. The molecular formula is C9H21NO2. The second-order valence-corrected chi connectivity index (χ2v) is 3.29. The highest BCUT2D eigenvalue weighted by Crippen LogP contribution is 2.05. The number of nitrogens with one attached hydrogen (secondary N) is 1. The smallest absolute Gasteiger partial charge is 0.0636 e. The zero-order valence-electron chi connectivity index (χ0n) is 8.08. The summed E-state index contributed by atoms with van der Waals surface area (Å²) in [5, 5.41) is 20.8. The third kappa shape index (κ3) is 6.58. The molecule has 0 aliphatic rings. The number of hydrogen-bond donors (Lipinski definition) is 3. The first-order chi connectivity index (χ1) is 5.70. The molecule has 0 aromatic rings. The zero-order valence-corrected chi connectivity index (χ0v) is 8.08. The van der Waals surface area contributed by atoms with Gasteiger partial charge in [0, 0.05) is 13.2 Å². The van der Waals surface area contributed by atoms with Gasteiger partial charge in [-0.25, -0.2) is 0 Å². The lowest BCUT2D eigenvalue weighted by molar-refractivity contribution is 0.186. The van der Waals surface area contributed by atoms with Crippen LogP contribution in [0.2, 0.25) is 0 Å². The molecule has 0 aliphatic heterocycles. The minimum Gasteiger partial charge on any atom is -0.396 e. The van der Waals surface area contributed by atoms with Gasteiger partial charge in [-0.3, -0.25) is 0 Å². The van der Waals surface area contributed by atoms with Crippen LogP contribution >= 0.6 is 0 Å². The van der Waals surface area contributed by atoms with Crippen LogP contribution in [0.1, 0.15) is 26.7 Å². The number of aliphatic hydroxyl groups is 2. The van der Waals surface area contributed by atoms with Crippen molar-refractivity contribution in [1.82, 2.24) is 5.32 Å². The van der Waals surface area contributed by atoms with Gasteiger partial charge >= 0.3 is 0 Å². The second-order valence-electron chi connectivity index (χ2n) is 3.29. The third-order valence-electron chi connectivity index (χ3n) is 1.99. The largest absolute Gasteiger partial charge is 0.396 e. The number of aliphatic hydroxyl groups excluding tert-OH is 2. The Morgan fingerprint density at radius 2 is 2.00 bits per heavy atom. The Balaban J connectivity index is 3.31. The summed E-state index contributed by atoms with van der Waals surface area (Å²) in [4.78, 5) is 0. The molecule has 0 aromatic heterocycles. The lowest BCUT2D eigenvalue weighted by Crippen LogP contribution is -2.29. The molecule has 0 bridgehead atoms. The summed E-state index contributed by atoms with van der Waals surface area (Å²) in [6.45, 7) is 5.67. The molecular weight excluding hydrogens is 154 g/mol. The van der Waals surface area contributed by atoms with Gasteiger partial charge in [0.15, 0.2) is 0 Å². The van der Waals surface area contributed by atoms with E-state index in [-0.39, 0.29) is 12.7 Å². The topological polar surface area (TPSA) is 52.5 Å². The van der Waals surface area contributed by atoms with Gasteiger partial charge in [-0.15, -0.1) is 0 Å². The Bertz CT molecular complexity index is 96.5. The van der Waals surface area contributed by atoms with E-state index in [0.29, 0.717) is 12.5 Å². The van der Waals surface area contributed by atoms with Crippen molar-refractivity contribution in [2.45, 2.75) is 32.8 Å². The van der Waals surface area contributed by atoms with Gasteiger partial charge in [0.1, 0.15) is 0 Å². The zero-order chi connectivity index (χ0) is 9.40. The fourth-order valence-electron chi connectivity index (χ4n) is 1.13. The molecule has 0 saturated carbocycles. The summed E-state index contributed by atoms with van der Waals surface area (Å²) < 4.78 is 0. The molecule has 0 radical (unpaired) electrons. The van der Waals surface area contributed by atoms with Crippen molar-refractivity contribution in [3.8, 4) is 0 Å². The van der Waals surface area contributed by atoms with Crippen LogP contribution in [-0.4, -0.2) is 36.0 Å². The summed E-state index contributed by atoms with van der Waals surface area (Å²) in [6.07, 6.45) is 1.65. The highest BCUT2D eigenvalue weighted by molar-refractivity contribution is 4.61. The lowest BCUT2D eigenvalue weighted by atomic mass is 10.0. The van der Waals surface area contributed by atoms with E-state index in [1.807, 2.05) is 0 Å². The van der Waals surface area contributed by atoms with Crippen LogP contribution in [-0.2, 0) is 0 Å². The Hall–Kier alpha value is -0.120. The highest BCUT2D eigenvalue weighted by atomic mass is 16.3. The van der Waals surface area contributed by atoms with Crippen LogP contribution in [0.25, 0.3) is 0 Å². The van der Waals surface area contributed by atoms with Crippen LogP contribution in [0.5, 0.6) is 0 Å². The maximum absolute atomic E-state index is 8.96. The minimum absolute atomic E-state index is 0.259. The molecule has 3 nitrogen and oxygen atoms in total. The average molecular weight is 175 g/mol. The number of hydrogen-bond acceptors (Lipinski definition) is 3. The van der Waals surface area contributed by atoms with Crippen molar-refractivity contribution >= 4 is 0 Å². The van der Waals surface area contributed by atoms with Crippen LogP contribution < -0.4 is 5.32 Å². The summed E-state index contributed by atoms with van der Waals surface area (Å²) in [6, 6.07) is 0. The van der Waals surface area contributed by atoms with E-state index in [9.17, 15) is 0 Å². The first-order valence-corrected chi connectivity index (χ1v) is 4.70. The molecule has 12 heavy (non-hydrogen) atoms. The second kappa shape index (κ2) is 7.53. The van der Waals surface area contributed by atoms with Gasteiger partial charge < -0.3 is 15.5 Å². The SMILES string of the molecule is CCC(CCO)CNC[C@H](C)O. The molecule has 0 heterocycles. The van der Waals surface area contributed by atoms with Crippen molar-refractivity contribution < 1.29 is 10.2 Å². The predicted molar refractivity (Wildman–Crippen MR) is 50.0 cm³/mol. The van der Waals surface area contributed by atoms with Gasteiger partial charge in [-0.1, -0.05) is 13.3 Å². The van der Waals surface area contributed by atoms with E-state index in [2.05, 4.69) is 12.2 Å². The van der Waals surface area contributed by atoms with Gasteiger partial charge in [-0.05, 0) is 25.8 Å². The van der Waals surface area contributed by atoms with Gasteiger partial charge in [0.25, 0.3) is 0 Å². The molecule has 0 amide bonds. The van der Waals surface area contributed by atoms with E-state index in [4.69, 9.17) is 10.2 Å². The first kappa shape index (κ1) is 11.9. The monoisotopic (exact) mass is 175 g/mol. The Labute approximate surface area is 74.8 Å². The van der Waals surface area contributed by atoms with E-state index in [0.717, 1.165) is 19.4 Å². The van der Waals surface area contributed by atoms with Crippen molar-refractivity contribution in [2.24, 2.45) is 5.92 Å². The molecule has 3 heteroatoms.